The van der Waals surface area contributed by atoms with Crippen molar-refractivity contribution < 1.29 is 13.6 Å². The van der Waals surface area contributed by atoms with Crippen LogP contribution in [0.4, 0.5) is 4.39 Å². The number of carbonyl (C=O) groups excluding carboxylic acids is 1. The maximum absolute atomic E-state index is 13.1. The Balaban J connectivity index is 1.74. The first-order valence-corrected chi connectivity index (χ1v) is 6.93. The van der Waals surface area contributed by atoms with E-state index < -0.39 is 11.5 Å². The van der Waals surface area contributed by atoms with Crippen LogP contribution in [0, 0.1) is 5.82 Å². The van der Waals surface area contributed by atoms with E-state index in [0.717, 1.165) is 0 Å². The number of aromatic nitrogens is 1. The molecule has 23 heavy (non-hydrogen) atoms. The zero-order valence-corrected chi connectivity index (χ0v) is 12.0. The zero-order chi connectivity index (χ0) is 16.2. The van der Waals surface area contributed by atoms with Gasteiger partial charge in [0.15, 0.2) is 0 Å². The average Bonchev–Trinajstić information content (AvgIpc) is 3.07. The minimum Gasteiger partial charge on any atom is -0.463 e. The van der Waals surface area contributed by atoms with Crippen molar-refractivity contribution in [2.24, 2.45) is 0 Å². The van der Waals surface area contributed by atoms with E-state index in [1.165, 1.54) is 24.5 Å². The lowest BCUT2D eigenvalue weighted by molar-refractivity contribution is 0.0949. The highest BCUT2D eigenvalue weighted by Crippen LogP contribution is 2.15. The maximum Gasteiger partial charge on any atom is 0.261 e. The largest absolute Gasteiger partial charge is 0.463 e. The third-order valence-electron chi connectivity index (χ3n) is 3.28. The summed E-state index contributed by atoms with van der Waals surface area (Å²) in [6.45, 7) is 0.135. The standard InChI is InChI=1S/C17H13FN2O3/c18-12-4-1-3-11(9-12)10-19-16(21)13-6-7-14(20-17(13)22)15-5-2-8-23-15/h1-9H,10H2,(H,19,21)(H,20,22). The molecule has 116 valence electrons. The summed E-state index contributed by atoms with van der Waals surface area (Å²) in [7, 11) is 0. The van der Waals surface area contributed by atoms with Gasteiger partial charge in [-0.15, -0.1) is 0 Å². The number of halogens is 1. The third kappa shape index (κ3) is 3.37. The van der Waals surface area contributed by atoms with E-state index in [-0.39, 0.29) is 17.9 Å². The zero-order valence-electron chi connectivity index (χ0n) is 12.0. The Bertz CT molecular complexity index is 885. The first-order valence-electron chi connectivity index (χ1n) is 6.93. The predicted octanol–water partition coefficient (Wildman–Crippen LogP) is 2.70. The molecule has 0 aliphatic carbocycles. The summed E-state index contributed by atoms with van der Waals surface area (Å²) in [5, 5.41) is 2.59. The van der Waals surface area contributed by atoms with Crippen LogP contribution in [0.3, 0.4) is 0 Å². The fourth-order valence-electron chi connectivity index (χ4n) is 2.15. The molecule has 0 unspecified atom stereocenters. The molecule has 0 fully saturated rings. The van der Waals surface area contributed by atoms with Crippen molar-refractivity contribution in [2.75, 3.05) is 0 Å². The van der Waals surface area contributed by atoms with Crippen LogP contribution in [0.5, 0.6) is 0 Å². The Kier molecular flexibility index (Phi) is 4.05. The smallest absolute Gasteiger partial charge is 0.261 e. The molecule has 2 N–H and O–H groups in total. The molecule has 0 bridgehead atoms. The van der Waals surface area contributed by atoms with Crippen molar-refractivity contribution in [3.05, 3.63) is 82.1 Å². The number of carbonyl (C=O) groups is 1. The Morgan fingerprint density at radius 2 is 2.04 bits per heavy atom. The van der Waals surface area contributed by atoms with Gasteiger partial charge in [0, 0.05) is 6.54 Å². The number of pyridine rings is 1. The van der Waals surface area contributed by atoms with Crippen LogP contribution in [0.1, 0.15) is 15.9 Å². The first kappa shape index (κ1) is 14.8. The molecular formula is C17H13FN2O3. The Morgan fingerprint density at radius 3 is 2.74 bits per heavy atom. The van der Waals surface area contributed by atoms with Crippen molar-refractivity contribution in [3.8, 4) is 11.5 Å². The molecule has 5 nitrogen and oxygen atoms in total. The number of H-pyrrole nitrogens is 1. The Morgan fingerprint density at radius 1 is 1.17 bits per heavy atom. The van der Waals surface area contributed by atoms with Crippen molar-refractivity contribution in [1.82, 2.24) is 10.3 Å². The molecular weight excluding hydrogens is 299 g/mol. The predicted molar refractivity (Wildman–Crippen MR) is 82.3 cm³/mol. The van der Waals surface area contributed by atoms with Crippen molar-refractivity contribution in [1.29, 1.82) is 0 Å². The molecule has 0 spiro atoms. The van der Waals surface area contributed by atoms with E-state index in [1.54, 1.807) is 30.3 Å². The van der Waals surface area contributed by atoms with Gasteiger partial charge in [0.25, 0.3) is 11.5 Å². The molecule has 0 atom stereocenters. The van der Waals surface area contributed by atoms with Crippen LogP contribution in [0.25, 0.3) is 11.5 Å². The highest BCUT2D eigenvalue weighted by molar-refractivity contribution is 5.93. The fourth-order valence-corrected chi connectivity index (χ4v) is 2.15. The van der Waals surface area contributed by atoms with E-state index in [0.29, 0.717) is 17.0 Å². The van der Waals surface area contributed by atoms with Gasteiger partial charge in [-0.05, 0) is 42.0 Å². The number of furan rings is 1. The number of amides is 1. The second kappa shape index (κ2) is 6.31. The molecule has 2 heterocycles. The van der Waals surface area contributed by atoms with Gasteiger partial charge in [-0.25, -0.2) is 4.39 Å². The molecule has 1 amide bonds. The second-order valence-electron chi connectivity index (χ2n) is 4.90. The summed E-state index contributed by atoms with van der Waals surface area (Å²) in [5.74, 6) is -0.396. The monoisotopic (exact) mass is 312 g/mol. The van der Waals surface area contributed by atoms with Gasteiger partial charge in [0.1, 0.15) is 17.1 Å². The normalized spacial score (nSPS) is 10.5. The SMILES string of the molecule is O=C(NCc1cccc(F)c1)c1ccc(-c2ccco2)[nH]c1=O. The highest BCUT2D eigenvalue weighted by Gasteiger charge is 2.12. The summed E-state index contributed by atoms with van der Waals surface area (Å²) in [6.07, 6.45) is 1.49. The number of nitrogens with one attached hydrogen (secondary N) is 2. The van der Waals surface area contributed by atoms with Crippen molar-refractivity contribution in [2.45, 2.75) is 6.54 Å². The molecule has 0 aliphatic heterocycles. The highest BCUT2D eigenvalue weighted by atomic mass is 19.1. The summed E-state index contributed by atoms with van der Waals surface area (Å²) < 4.78 is 18.3. The Labute approximate surface area is 130 Å². The molecule has 2 aromatic heterocycles. The molecule has 0 radical (unpaired) electrons. The van der Waals surface area contributed by atoms with E-state index >= 15 is 0 Å². The minimum absolute atomic E-state index is 0.0169. The summed E-state index contributed by atoms with van der Waals surface area (Å²) in [5.41, 5.74) is 0.566. The number of benzene rings is 1. The number of rotatable bonds is 4. The first-order chi connectivity index (χ1) is 11.1. The van der Waals surface area contributed by atoms with Crippen LogP contribution in [-0.2, 0) is 6.54 Å². The molecule has 0 aliphatic rings. The quantitative estimate of drug-likeness (QED) is 0.778. The van der Waals surface area contributed by atoms with Gasteiger partial charge in [0.2, 0.25) is 0 Å². The van der Waals surface area contributed by atoms with Gasteiger partial charge in [0.05, 0.1) is 12.0 Å². The van der Waals surface area contributed by atoms with Gasteiger partial charge < -0.3 is 14.7 Å². The summed E-state index contributed by atoms with van der Waals surface area (Å²) >= 11 is 0. The van der Waals surface area contributed by atoms with Gasteiger partial charge in [-0.2, -0.15) is 0 Å². The molecule has 0 saturated carbocycles. The Hall–Kier alpha value is -3.15. The van der Waals surface area contributed by atoms with E-state index in [9.17, 15) is 14.0 Å². The molecule has 0 saturated heterocycles. The lowest BCUT2D eigenvalue weighted by Crippen LogP contribution is -2.29. The van der Waals surface area contributed by atoms with Crippen LogP contribution < -0.4 is 10.9 Å². The van der Waals surface area contributed by atoms with E-state index in [4.69, 9.17) is 4.42 Å². The third-order valence-corrected chi connectivity index (χ3v) is 3.28. The van der Waals surface area contributed by atoms with Crippen LogP contribution in [0.15, 0.2) is 64.0 Å². The summed E-state index contributed by atoms with van der Waals surface area (Å²) in [6, 6.07) is 12.3. The molecule has 6 heteroatoms. The van der Waals surface area contributed by atoms with Crippen molar-refractivity contribution >= 4 is 5.91 Å². The summed E-state index contributed by atoms with van der Waals surface area (Å²) in [4.78, 5) is 26.7. The van der Waals surface area contributed by atoms with Crippen LogP contribution in [-0.4, -0.2) is 10.9 Å². The maximum atomic E-state index is 13.1. The minimum atomic E-state index is -0.526. The van der Waals surface area contributed by atoms with E-state index in [2.05, 4.69) is 10.3 Å². The van der Waals surface area contributed by atoms with Crippen LogP contribution >= 0.6 is 0 Å². The average molecular weight is 312 g/mol. The van der Waals surface area contributed by atoms with Gasteiger partial charge in [-0.1, -0.05) is 12.1 Å². The lowest BCUT2D eigenvalue weighted by Gasteiger charge is -2.06. The van der Waals surface area contributed by atoms with Gasteiger partial charge in [-0.3, -0.25) is 9.59 Å². The second-order valence-corrected chi connectivity index (χ2v) is 4.90. The molecule has 3 rings (SSSR count). The lowest BCUT2D eigenvalue weighted by atomic mass is 10.2. The van der Waals surface area contributed by atoms with Gasteiger partial charge >= 0.3 is 0 Å². The topological polar surface area (TPSA) is 75.1 Å². The van der Waals surface area contributed by atoms with E-state index in [1.807, 2.05) is 0 Å². The fraction of sp³-hybridized carbons (Fsp3) is 0.0588. The number of hydrogen-bond donors (Lipinski definition) is 2. The van der Waals surface area contributed by atoms with Crippen molar-refractivity contribution in [3.63, 3.8) is 0 Å². The molecule has 1 aromatic carbocycles. The van der Waals surface area contributed by atoms with Crippen LogP contribution in [0.2, 0.25) is 0 Å². The molecule has 3 aromatic rings. The number of hydrogen-bond acceptors (Lipinski definition) is 3. The number of aromatic amines is 1.